The molecule has 0 unspecified atom stereocenters. The van der Waals surface area contributed by atoms with E-state index in [1.54, 1.807) is 6.92 Å². The molecule has 104 valence electrons. The van der Waals surface area contributed by atoms with Crippen LogP contribution in [0.5, 0.6) is 0 Å². The maximum Gasteiger partial charge on any atom is 0.339 e. The van der Waals surface area contributed by atoms with Gasteiger partial charge in [0.1, 0.15) is 11.4 Å². The summed E-state index contributed by atoms with van der Waals surface area (Å²) in [5, 5.41) is 11.3. The molecule has 0 saturated carbocycles. The van der Waals surface area contributed by atoms with Crippen LogP contribution < -0.4 is 5.32 Å². The molecule has 20 heavy (non-hydrogen) atoms. The van der Waals surface area contributed by atoms with Gasteiger partial charge in [-0.3, -0.25) is 4.79 Å². The molecular weight excluding hydrogens is 287 g/mol. The van der Waals surface area contributed by atoms with Crippen LogP contribution in [-0.2, 0) is 0 Å². The second kappa shape index (κ2) is 5.34. The van der Waals surface area contributed by atoms with E-state index < -0.39 is 17.7 Å². The SMILES string of the molecule is Cc1[nH]cc(NC(=O)c2ccc(F)c(Cl)c2)c1C(=O)O. The van der Waals surface area contributed by atoms with Crippen LogP contribution in [0.2, 0.25) is 5.02 Å². The number of hydrogen-bond acceptors (Lipinski definition) is 2. The predicted molar refractivity (Wildman–Crippen MR) is 71.9 cm³/mol. The minimum Gasteiger partial charge on any atom is -0.478 e. The summed E-state index contributed by atoms with van der Waals surface area (Å²) in [6.45, 7) is 1.58. The summed E-state index contributed by atoms with van der Waals surface area (Å²) in [6.07, 6.45) is 1.38. The standard InChI is InChI=1S/C13H10ClFN2O3/c1-6-11(13(19)20)10(5-16-6)17-12(18)7-2-3-9(15)8(14)4-7/h2-5,16H,1H3,(H,17,18)(H,19,20). The van der Waals surface area contributed by atoms with Crippen molar-refractivity contribution >= 4 is 29.2 Å². The molecule has 0 spiro atoms. The van der Waals surface area contributed by atoms with Gasteiger partial charge in [-0.05, 0) is 25.1 Å². The van der Waals surface area contributed by atoms with Crippen molar-refractivity contribution in [3.05, 3.63) is 52.1 Å². The number of aromatic carboxylic acids is 1. The number of rotatable bonds is 3. The quantitative estimate of drug-likeness (QED) is 0.814. The van der Waals surface area contributed by atoms with Crippen LogP contribution in [0.25, 0.3) is 0 Å². The minimum atomic E-state index is -1.16. The zero-order valence-electron chi connectivity index (χ0n) is 10.3. The zero-order valence-corrected chi connectivity index (χ0v) is 11.1. The topological polar surface area (TPSA) is 82.2 Å². The highest BCUT2D eigenvalue weighted by Gasteiger charge is 2.18. The van der Waals surface area contributed by atoms with E-state index in [1.165, 1.54) is 18.3 Å². The maximum absolute atomic E-state index is 13.0. The van der Waals surface area contributed by atoms with Gasteiger partial charge >= 0.3 is 5.97 Å². The second-order valence-electron chi connectivity index (χ2n) is 4.09. The van der Waals surface area contributed by atoms with E-state index in [0.29, 0.717) is 5.69 Å². The Bertz CT molecular complexity index is 697. The van der Waals surface area contributed by atoms with Gasteiger partial charge in [0.15, 0.2) is 0 Å². The Morgan fingerprint density at radius 3 is 2.70 bits per heavy atom. The lowest BCUT2D eigenvalue weighted by Gasteiger charge is -2.05. The van der Waals surface area contributed by atoms with Gasteiger partial charge in [-0.1, -0.05) is 11.6 Å². The van der Waals surface area contributed by atoms with E-state index in [9.17, 15) is 14.0 Å². The molecule has 3 N–H and O–H groups in total. The third kappa shape index (κ3) is 2.65. The molecule has 0 aliphatic rings. The summed E-state index contributed by atoms with van der Waals surface area (Å²) in [4.78, 5) is 25.8. The molecule has 0 aliphatic carbocycles. The van der Waals surface area contributed by atoms with Crippen LogP contribution in [-0.4, -0.2) is 22.0 Å². The summed E-state index contributed by atoms with van der Waals surface area (Å²) in [5.41, 5.74) is 0.670. The second-order valence-corrected chi connectivity index (χ2v) is 4.50. The van der Waals surface area contributed by atoms with Gasteiger partial charge in [0, 0.05) is 17.5 Å². The number of carbonyl (C=O) groups is 2. The van der Waals surface area contributed by atoms with Crippen LogP contribution in [0.1, 0.15) is 26.4 Å². The number of carbonyl (C=O) groups excluding carboxylic acids is 1. The van der Waals surface area contributed by atoms with Crippen molar-refractivity contribution < 1.29 is 19.1 Å². The van der Waals surface area contributed by atoms with E-state index in [-0.39, 0.29) is 21.8 Å². The van der Waals surface area contributed by atoms with Crippen LogP contribution in [0.3, 0.4) is 0 Å². The Morgan fingerprint density at radius 2 is 2.10 bits per heavy atom. The summed E-state index contributed by atoms with van der Waals surface area (Å²) in [5.74, 6) is -2.36. The highest BCUT2D eigenvalue weighted by Crippen LogP contribution is 2.21. The van der Waals surface area contributed by atoms with E-state index in [4.69, 9.17) is 16.7 Å². The van der Waals surface area contributed by atoms with E-state index >= 15 is 0 Å². The fraction of sp³-hybridized carbons (Fsp3) is 0.0769. The van der Waals surface area contributed by atoms with Gasteiger partial charge in [0.05, 0.1) is 10.7 Å². The summed E-state index contributed by atoms with van der Waals surface area (Å²) >= 11 is 5.59. The largest absolute Gasteiger partial charge is 0.478 e. The molecule has 7 heteroatoms. The van der Waals surface area contributed by atoms with E-state index in [2.05, 4.69) is 10.3 Å². The first-order chi connectivity index (χ1) is 9.40. The Morgan fingerprint density at radius 1 is 1.40 bits per heavy atom. The van der Waals surface area contributed by atoms with Crippen LogP contribution in [0.15, 0.2) is 24.4 Å². The van der Waals surface area contributed by atoms with Crippen LogP contribution in [0.4, 0.5) is 10.1 Å². The molecule has 0 radical (unpaired) electrons. The molecule has 2 aromatic rings. The van der Waals surface area contributed by atoms with Crippen molar-refractivity contribution in [2.75, 3.05) is 5.32 Å². The Hall–Kier alpha value is -2.34. The average Bonchev–Trinajstić information content (AvgIpc) is 2.73. The first-order valence-corrected chi connectivity index (χ1v) is 5.95. The first-order valence-electron chi connectivity index (χ1n) is 5.58. The molecule has 1 aromatic carbocycles. The number of aryl methyl sites for hydroxylation is 1. The number of hydrogen-bond donors (Lipinski definition) is 3. The van der Waals surface area contributed by atoms with Gasteiger partial charge in [0.2, 0.25) is 0 Å². The minimum absolute atomic E-state index is 0.0217. The number of aromatic amines is 1. The molecule has 2 rings (SSSR count). The zero-order chi connectivity index (χ0) is 14.9. The molecule has 0 saturated heterocycles. The third-order valence-corrected chi connectivity index (χ3v) is 3.01. The number of nitrogens with one attached hydrogen (secondary N) is 2. The Balaban J connectivity index is 2.28. The monoisotopic (exact) mass is 296 g/mol. The van der Waals surface area contributed by atoms with Crippen LogP contribution in [0, 0.1) is 12.7 Å². The van der Waals surface area contributed by atoms with Crippen molar-refractivity contribution in [3.8, 4) is 0 Å². The molecule has 0 fully saturated rings. The third-order valence-electron chi connectivity index (χ3n) is 2.72. The smallest absolute Gasteiger partial charge is 0.339 e. The fourth-order valence-electron chi connectivity index (χ4n) is 1.73. The number of benzene rings is 1. The summed E-state index contributed by atoms with van der Waals surface area (Å²) in [7, 11) is 0. The Kier molecular flexibility index (Phi) is 3.76. The Labute approximate surface area is 118 Å². The van der Waals surface area contributed by atoms with Crippen molar-refractivity contribution in [2.45, 2.75) is 6.92 Å². The van der Waals surface area contributed by atoms with Gasteiger partial charge in [-0.2, -0.15) is 0 Å². The van der Waals surface area contributed by atoms with E-state index in [0.717, 1.165) is 6.07 Å². The van der Waals surface area contributed by atoms with Crippen molar-refractivity contribution in [1.82, 2.24) is 4.98 Å². The first kappa shape index (κ1) is 14.1. The van der Waals surface area contributed by atoms with Gasteiger partial charge in [-0.25, -0.2) is 9.18 Å². The molecule has 1 heterocycles. The van der Waals surface area contributed by atoms with Gasteiger partial charge < -0.3 is 15.4 Å². The molecule has 0 bridgehead atoms. The molecule has 5 nitrogen and oxygen atoms in total. The molecule has 0 atom stereocenters. The lowest BCUT2D eigenvalue weighted by molar-refractivity contribution is 0.0697. The predicted octanol–water partition coefficient (Wildman–Crippen LogP) is 3.07. The molecule has 1 amide bonds. The summed E-state index contributed by atoms with van der Waals surface area (Å²) < 4.78 is 13.0. The number of H-pyrrole nitrogens is 1. The normalized spacial score (nSPS) is 10.3. The fourth-order valence-corrected chi connectivity index (χ4v) is 1.91. The number of carboxylic acid groups (broad SMARTS) is 1. The molecular formula is C13H10ClFN2O3. The number of anilines is 1. The van der Waals surface area contributed by atoms with Gasteiger partial charge in [-0.15, -0.1) is 0 Å². The lowest BCUT2D eigenvalue weighted by Crippen LogP contribution is -2.14. The maximum atomic E-state index is 13.0. The van der Waals surface area contributed by atoms with Gasteiger partial charge in [0.25, 0.3) is 5.91 Å². The number of aromatic nitrogens is 1. The number of carboxylic acids is 1. The average molecular weight is 297 g/mol. The van der Waals surface area contributed by atoms with E-state index in [1.807, 2.05) is 0 Å². The highest BCUT2D eigenvalue weighted by molar-refractivity contribution is 6.31. The summed E-state index contributed by atoms with van der Waals surface area (Å²) in [6, 6.07) is 3.50. The lowest BCUT2D eigenvalue weighted by atomic mass is 10.2. The van der Waals surface area contributed by atoms with Crippen molar-refractivity contribution in [1.29, 1.82) is 0 Å². The van der Waals surface area contributed by atoms with Crippen molar-refractivity contribution in [3.63, 3.8) is 0 Å². The number of halogens is 2. The van der Waals surface area contributed by atoms with Crippen molar-refractivity contribution in [2.24, 2.45) is 0 Å². The molecule has 0 aliphatic heterocycles. The number of amides is 1. The molecule has 1 aromatic heterocycles. The van der Waals surface area contributed by atoms with Crippen LogP contribution >= 0.6 is 11.6 Å². The highest BCUT2D eigenvalue weighted by atomic mass is 35.5.